The molecule has 0 bridgehead atoms. The van der Waals surface area contributed by atoms with Gasteiger partial charge in [-0.1, -0.05) is 0 Å². The molecule has 0 aliphatic heterocycles. The van der Waals surface area contributed by atoms with Crippen LogP contribution in [0.25, 0.3) is 22.0 Å². The molecular formula is C22H22F3N5O. The molecule has 1 fully saturated rings. The van der Waals surface area contributed by atoms with Gasteiger partial charge in [0.05, 0.1) is 22.3 Å². The molecule has 6 nitrogen and oxygen atoms in total. The molecule has 31 heavy (non-hydrogen) atoms. The van der Waals surface area contributed by atoms with Crippen LogP contribution in [0.2, 0.25) is 0 Å². The first-order valence-corrected chi connectivity index (χ1v) is 10.0. The van der Waals surface area contributed by atoms with Crippen LogP contribution >= 0.6 is 0 Å². The lowest BCUT2D eigenvalue weighted by atomic mass is 9.96. The molecule has 1 amide bonds. The van der Waals surface area contributed by atoms with Gasteiger partial charge in [-0.15, -0.1) is 0 Å². The zero-order valence-corrected chi connectivity index (χ0v) is 17.1. The number of alkyl halides is 3. The van der Waals surface area contributed by atoms with E-state index in [0.29, 0.717) is 34.6 Å². The van der Waals surface area contributed by atoms with E-state index in [9.17, 15) is 18.0 Å². The fourth-order valence-corrected chi connectivity index (χ4v) is 3.48. The highest BCUT2D eigenvalue weighted by Gasteiger charge is 2.35. The first-order valence-electron chi connectivity index (χ1n) is 10.0. The summed E-state index contributed by atoms with van der Waals surface area (Å²) in [6.07, 6.45) is 0.00357. The Kier molecular flexibility index (Phi) is 5.43. The minimum atomic E-state index is -4.58. The summed E-state index contributed by atoms with van der Waals surface area (Å²) in [5, 5.41) is 9.32. The minimum absolute atomic E-state index is 0.0198. The molecule has 9 heteroatoms. The van der Waals surface area contributed by atoms with Crippen molar-refractivity contribution in [2.45, 2.75) is 32.0 Å². The number of pyridine rings is 2. The van der Waals surface area contributed by atoms with Crippen molar-refractivity contribution in [3.8, 4) is 11.1 Å². The molecule has 162 valence electrons. The second kappa shape index (κ2) is 8.05. The third-order valence-corrected chi connectivity index (χ3v) is 5.15. The van der Waals surface area contributed by atoms with Crippen LogP contribution in [0, 0.1) is 0 Å². The van der Waals surface area contributed by atoms with Crippen molar-refractivity contribution < 1.29 is 18.0 Å². The van der Waals surface area contributed by atoms with E-state index in [1.54, 1.807) is 19.2 Å². The molecule has 0 unspecified atom stereocenters. The van der Waals surface area contributed by atoms with Gasteiger partial charge in [-0.05, 0) is 49.6 Å². The van der Waals surface area contributed by atoms with E-state index in [2.05, 4.69) is 25.9 Å². The fraction of sp³-hybridized carbons (Fsp3) is 0.318. The number of halogens is 3. The number of carbonyl (C=O) groups excluding carboxylic acids is 1. The van der Waals surface area contributed by atoms with Gasteiger partial charge in [0, 0.05) is 43.0 Å². The number of benzene rings is 1. The van der Waals surface area contributed by atoms with Gasteiger partial charge in [-0.2, -0.15) is 13.2 Å². The Balaban J connectivity index is 1.88. The molecule has 1 aliphatic carbocycles. The van der Waals surface area contributed by atoms with Crippen LogP contribution < -0.4 is 16.0 Å². The van der Waals surface area contributed by atoms with Gasteiger partial charge < -0.3 is 16.0 Å². The molecule has 2 heterocycles. The maximum Gasteiger partial charge on any atom is 0.417 e. The van der Waals surface area contributed by atoms with Crippen molar-refractivity contribution in [1.29, 1.82) is 0 Å². The molecule has 2 aromatic heterocycles. The van der Waals surface area contributed by atoms with Crippen molar-refractivity contribution in [3.63, 3.8) is 0 Å². The number of nitrogens with zero attached hydrogens (tertiary/aromatic N) is 2. The van der Waals surface area contributed by atoms with Crippen LogP contribution in [0.5, 0.6) is 0 Å². The Morgan fingerprint density at radius 2 is 1.94 bits per heavy atom. The quantitative estimate of drug-likeness (QED) is 0.530. The fourth-order valence-electron chi connectivity index (χ4n) is 3.48. The summed E-state index contributed by atoms with van der Waals surface area (Å²) in [5.41, 5.74) is 0.395. The molecule has 0 spiro atoms. The third-order valence-electron chi connectivity index (χ3n) is 5.15. The molecule has 0 radical (unpaired) electrons. The Morgan fingerprint density at radius 3 is 2.52 bits per heavy atom. The normalized spacial score (nSPS) is 13.8. The maximum atomic E-state index is 13.9. The predicted octanol–water partition coefficient (Wildman–Crippen LogP) is 4.68. The van der Waals surface area contributed by atoms with Gasteiger partial charge in [0.15, 0.2) is 0 Å². The number of aromatic nitrogens is 2. The van der Waals surface area contributed by atoms with Crippen LogP contribution in [-0.2, 0) is 6.18 Å². The topological polar surface area (TPSA) is 78.9 Å². The van der Waals surface area contributed by atoms with Crippen molar-refractivity contribution in [3.05, 3.63) is 47.8 Å². The second-order valence-corrected chi connectivity index (χ2v) is 7.42. The van der Waals surface area contributed by atoms with Crippen molar-refractivity contribution in [1.82, 2.24) is 15.3 Å². The van der Waals surface area contributed by atoms with Crippen LogP contribution in [0.15, 0.2) is 36.7 Å². The zero-order valence-electron chi connectivity index (χ0n) is 17.1. The smallest absolute Gasteiger partial charge is 0.387 e. The van der Waals surface area contributed by atoms with Crippen LogP contribution in [0.3, 0.4) is 0 Å². The number of nitrogens with one attached hydrogen (secondary N) is 3. The second-order valence-electron chi connectivity index (χ2n) is 7.42. The molecule has 0 atom stereocenters. The van der Waals surface area contributed by atoms with Gasteiger partial charge in [0.25, 0.3) is 5.91 Å². The van der Waals surface area contributed by atoms with E-state index in [0.717, 1.165) is 18.9 Å². The van der Waals surface area contributed by atoms with Gasteiger partial charge in [0.2, 0.25) is 0 Å². The molecule has 3 N–H and O–H groups in total. The van der Waals surface area contributed by atoms with Crippen molar-refractivity contribution in [2.24, 2.45) is 0 Å². The average molecular weight is 429 g/mol. The highest BCUT2D eigenvalue weighted by atomic mass is 19.4. The molecule has 0 saturated heterocycles. The Hall–Kier alpha value is -3.36. The Labute approximate surface area is 177 Å². The van der Waals surface area contributed by atoms with E-state index in [1.165, 1.54) is 18.5 Å². The molecule has 1 aromatic carbocycles. The number of carbonyl (C=O) groups is 1. The number of hydrogen-bond acceptors (Lipinski definition) is 5. The minimum Gasteiger partial charge on any atom is -0.387 e. The molecule has 3 aromatic rings. The summed E-state index contributed by atoms with van der Waals surface area (Å²) < 4.78 is 41.6. The van der Waals surface area contributed by atoms with Gasteiger partial charge in [0.1, 0.15) is 5.82 Å². The van der Waals surface area contributed by atoms with Crippen molar-refractivity contribution >= 4 is 28.3 Å². The van der Waals surface area contributed by atoms with E-state index in [4.69, 9.17) is 0 Å². The van der Waals surface area contributed by atoms with Crippen LogP contribution in [0.1, 0.15) is 35.7 Å². The highest BCUT2D eigenvalue weighted by molar-refractivity contribution is 6.08. The number of anilines is 2. The lowest BCUT2D eigenvalue weighted by molar-refractivity contribution is -0.137. The lowest BCUT2D eigenvalue weighted by Gasteiger charge is -2.17. The SMILES string of the molecule is CCNc1ccc(-c2cc3c(NC)c(C(=O)NC4CC4)cnc3cc2C(F)(F)F)cn1. The van der Waals surface area contributed by atoms with E-state index >= 15 is 0 Å². The number of amides is 1. The zero-order chi connectivity index (χ0) is 22.2. The Morgan fingerprint density at radius 1 is 1.16 bits per heavy atom. The lowest BCUT2D eigenvalue weighted by Crippen LogP contribution is -2.26. The number of rotatable bonds is 6. The van der Waals surface area contributed by atoms with E-state index in [-0.39, 0.29) is 23.0 Å². The Bertz CT molecular complexity index is 1120. The maximum absolute atomic E-state index is 13.9. The summed E-state index contributed by atoms with van der Waals surface area (Å²) in [7, 11) is 1.63. The van der Waals surface area contributed by atoms with Crippen LogP contribution in [0.4, 0.5) is 24.7 Å². The standard InChI is InChI=1S/C22H22F3N5O/c1-3-27-19-7-4-12(10-29-19)14-8-15-18(9-17(14)22(23,24)25)28-11-16(20(15)26-2)21(31)30-13-5-6-13/h4,7-11,13H,3,5-6H2,1-2H3,(H,26,28)(H,27,29)(H,30,31). The number of fused-ring (bicyclic) bond motifs is 1. The average Bonchev–Trinajstić information content (AvgIpc) is 3.56. The van der Waals surface area contributed by atoms with E-state index in [1.807, 2.05) is 6.92 Å². The van der Waals surface area contributed by atoms with Gasteiger partial charge in [-0.3, -0.25) is 9.78 Å². The summed E-state index contributed by atoms with van der Waals surface area (Å²) in [4.78, 5) is 21.0. The van der Waals surface area contributed by atoms with Crippen LogP contribution in [-0.4, -0.2) is 35.5 Å². The first-order chi connectivity index (χ1) is 14.8. The number of hydrogen-bond donors (Lipinski definition) is 3. The summed E-state index contributed by atoms with van der Waals surface area (Å²) in [5.74, 6) is 0.288. The first kappa shape index (κ1) is 20.9. The largest absolute Gasteiger partial charge is 0.417 e. The van der Waals surface area contributed by atoms with Gasteiger partial charge in [-0.25, -0.2) is 4.98 Å². The third kappa shape index (κ3) is 4.26. The molecular weight excluding hydrogens is 407 g/mol. The highest BCUT2D eigenvalue weighted by Crippen LogP contribution is 2.41. The predicted molar refractivity (Wildman–Crippen MR) is 114 cm³/mol. The molecule has 1 saturated carbocycles. The van der Waals surface area contributed by atoms with Gasteiger partial charge >= 0.3 is 6.18 Å². The van der Waals surface area contributed by atoms with Crippen molar-refractivity contribution in [2.75, 3.05) is 24.2 Å². The molecule has 1 aliphatic rings. The summed E-state index contributed by atoms with van der Waals surface area (Å²) >= 11 is 0. The molecule has 4 rings (SSSR count). The van der Waals surface area contributed by atoms with E-state index < -0.39 is 11.7 Å². The monoisotopic (exact) mass is 429 g/mol. The summed E-state index contributed by atoms with van der Waals surface area (Å²) in [6.45, 7) is 2.56. The summed E-state index contributed by atoms with van der Waals surface area (Å²) in [6, 6.07) is 5.83.